The van der Waals surface area contributed by atoms with Crippen molar-refractivity contribution in [3.63, 3.8) is 0 Å². The van der Waals surface area contributed by atoms with Crippen LogP contribution < -0.4 is 10.1 Å². The molecule has 152 valence electrons. The number of rotatable bonds is 9. The first-order valence-corrected chi connectivity index (χ1v) is 10.3. The van der Waals surface area contributed by atoms with Crippen molar-refractivity contribution in [2.75, 3.05) is 25.6 Å². The maximum absolute atomic E-state index is 13.1. The van der Waals surface area contributed by atoms with Gasteiger partial charge in [-0.25, -0.2) is 0 Å². The van der Waals surface area contributed by atoms with Crippen molar-refractivity contribution >= 4 is 23.2 Å². The largest absolute Gasteiger partial charge is 0.487 e. The quantitative estimate of drug-likeness (QED) is 0.581. The van der Waals surface area contributed by atoms with E-state index in [1.807, 2.05) is 13.0 Å². The standard InChI is InChI=1S/C21H32ClNO4/c1-4-13-26-21(11-7-5-6-8-12-21)20(24)23-17-9-10-19(18(22)14-17)27-16(2)15-25-3/h9-10,14,16H,4-8,11-13,15H2,1-3H3,(H,23,24)/t16-/m0/s1. The number of methoxy groups -OCH3 is 1. The van der Waals surface area contributed by atoms with Crippen molar-refractivity contribution in [1.82, 2.24) is 0 Å². The monoisotopic (exact) mass is 397 g/mol. The minimum absolute atomic E-state index is 0.0738. The van der Waals surface area contributed by atoms with Crippen molar-refractivity contribution in [2.45, 2.75) is 70.5 Å². The zero-order valence-electron chi connectivity index (χ0n) is 16.7. The lowest BCUT2D eigenvalue weighted by atomic mass is 9.92. The lowest BCUT2D eigenvalue weighted by Crippen LogP contribution is -2.45. The number of carbonyl (C=O) groups excluding carboxylic acids is 1. The van der Waals surface area contributed by atoms with Crippen molar-refractivity contribution in [1.29, 1.82) is 0 Å². The van der Waals surface area contributed by atoms with Crippen LogP contribution in [0.5, 0.6) is 5.75 Å². The molecule has 5 nitrogen and oxygen atoms in total. The van der Waals surface area contributed by atoms with Gasteiger partial charge in [0, 0.05) is 19.4 Å². The number of nitrogens with one attached hydrogen (secondary N) is 1. The maximum atomic E-state index is 13.1. The molecular weight excluding hydrogens is 366 g/mol. The van der Waals surface area contributed by atoms with Gasteiger partial charge in [-0.3, -0.25) is 4.79 Å². The van der Waals surface area contributed by atoms with Crippen LogP contribution in [0.1, 0.15) is 58.8 Å². The van der Waals surface area contributed by atoms with Crippen molar-refractivity contribution in [3.05, 3.63) is 23.2 Å². The van der Waals surface area contributed by atoms with E-state index in [0.29, 0.717) is 29.7 Å². The number of hydrogen-bond donors (Lipinski definition) is 1. The van der Waals surface area contributed by atoms with E-state index in [4.69, 9.17) is 25.8 Å². The summed E-state index contributed by atoms with van der Waals surface area (Å²) in [5.74, 6) is 0.501. The number of benzene rings is 1. The van der Waals surface area contributed by atoms with Crippen molar-refractivity contribution in [2.24, 2.45) is 0 Å². The highest BCUT2D eigenvalue weighted by Gasteiger charge is 2.39. The third-order valence-corrected chi connectivity index (χ3v) is 5.12. The molecule has 0 unspecified atom stereocenters. The van der Waals surface area contributed by atoms with Crippen LogP contribution in [-0.4, -0.2) is 37.9 Å². The molecule has 1 N–H and O–H groups in total. The van der Waals surface area contributed by atoms with E-state index in [1.54, 1.807) is 19.2 Å². The molecule has 2 rings (SSSR count). The fourth-order valence-electron chi connectivity index (χ4n) is 3.44. The molecule has 0 spiro atoms. The fourth-order valence-corrected chi connectivity index (χ4v) is 3.66. The van der Waals surface area contributed by atoms with E-state index in [9.17, 15) is 4.79 Å². The number of anilines is 1. The second-order valence-electron chi connectivity index (χ2n) is 7.24. The van der Waals surface area contributed by atoms with Crippen LogP contribution in [0.4, 0.5) is 5.69 Å². The van der Waals surface area contributed by atoms with Gasteiger partial charge in [0.15, 0.2) is 0 Å². The van der Waals surface area contributed by atoms with Gasteiger partial charge >= 0.3 is 0 Å². The number of hydrogen-bond acceptors (Lipinski definition) is 4. The first kappa shape index (κ1) is 22.0. The Hall–Kier alpha value is -1.30. The average molecular weight is 398 g/mol. The highest BCUT2D eigenvalue weighted by atomic mass is 35.5. The smallest absolute Gasteiger partial charge is 0.256 e. The Morgan fingerprint density at radius 2 is 1.96 bits per heavy atom. The molecule has 1 aromatic rings. The normalized spacial score (nSPS) is 17.8. The molecule has 1 aromatic carbocycles. The molecule has 0 saturated heterocycles. The second-order valence-corrected chi connectivity index (χ2v) is 7.65. The van der Waals surface area contributed by atoms with Crippen LogP contribution in [0.3, 0.4) is 0 Å². The third kappa shape index (κ3) is 6.37. The summed E-state index contributed by atoms with van der Waals surface area (Å²) in [6, 6.07) is 5.30. The Labute approximate surface area is 167 Å². The van der Waals surface area contributed by atoms with Crippen molar-refractivity contribution < 1.29 is 19.0 Å². The maximum Gasteiger partial charge on any atom is 0.256 e. The Balaban J connectivity index is 2.09. The topological polar surface area (TPSA) is 56.8 Å². The molecule has 1 aliphatic rings. The molecular formula is C21H32ClNO4. The summed E-state index contributed by atoms with van der Waals surface area (Å²) in [6.07, 6.45) is 6.66. The predicted octanol–water partition coefficient (Wildman–Crippen LogP) is 5.21. The molecule has 0 heterocycles. The number of halogens is 1. The van der Waals surface area contributed by atoms with Crippen LogP contribution in [-0.2, 0) is 14.3 Å². The van der Waals surface area contributed by atoms with Gasteiger partial charge in [0.1, 0.15) is 17.5 Å². The van der Waals surface area contributed by atoms with Crippen LogP contribution in [0.25, 0.3) is 0 Å². The second kappa shape index (κ2) is 10.9. The number of ether oxygens (including phenoxy) is 3. The Morgan fingerprint density at radius 1 is 1.26 bits per heavy atom. The zero-order chi connectivity index (χ0) is 19.7. The summed E-state index contributed by atoms with van der Waals surface area (Å²) in [4.78, 5) is 13.1. The van der Waals surface area contributed by atoms with Crippen LogP contribution in [0, 0.1) is 0 Å². The van der Waals surface area contributed by atoms with Gasteiger partial charge in [0.2, 0.25) is 0 Å². The van der Waals surface area contributed by atoms with Crippen LogP contribution >= 0.6 is 11.6 Å². The van der Waals surface area contributed by atoms with Crippen molar-refractivity contribution in [3.8, 4) is 5.75 Å². The highest BCUT2D eigenvalue weighted by Crippen LogP contribution is 2.33. The number of amides is 1. The molecule has 27 heavy (non-hydrogen) atoms. The average Bonchev–Trinajstić information content (AvgIpc) is 2.89. The third-order valence-electron chi connectivity index (χ3n) is 4.83. The van der Waals surface area contributed by atoms with E-state index < -0.39 is 5.60 Å². The van der Waals surface area contributed by atoms with Gasteiger partial charge in [-0.15, -0.1) is 0 Å². The lowest BCUT2D eigenvalue weighted by molar-refractivity contribution is -0.143. The van der Waals surface area contributed by atoms with Gasteiger partial charge in [-0.05, 0) is 44.4 Å². The molecule has 1 saturated carbocycles. The lowest BCUT2D eigenvalue weighted by Gasteiger charge is -2.31. The van der Waals surface area contributed by atoms with E-state index in [-0.39, 0.29) is 12.0 Å². The first-order valence-electron chi connectivity index (χ1n) is 9.91. The summed E-state index contributed by atoms with van der Waals surface area (Å²) in [5, 5.41) is 3.47. The molecule has 1 atom stereocenters. The minimum Gasteiger partial charge on any atom is -0.487 e. The zero-order valence-corrected chi connectivity index (χ0v) is 17.4. The Bertz CT molecular complexity index is 600. The minimum atomic E-state index is -0.735. The fraction of sp³-hybridized carbons (Fsp3) is 0.667. The molecule has 0 aliphatic heterocycles. The summed E-state index contributed by atoms with van der Waals surface area (Å²) in [7, 11) is 1.63. The molecule has 1 fully saturated rings. The SMILES string of the molecule is CCCOC1(C(=O)Nc2ccc(O[C@@H](C)COC)c(Cl)c2)CCCCCC1. The predicted molar refractivity (Wildman–Crippen MR) is 109 cm³/mol. The van der Waals surface area contributed by atoms with Gasteiger partial charge in [0.05, 0.1) is 11.6 Å². The van der Waals surface area contributed by atoms with E-state index >= 15 is 0 Å². The molecule has 6 heteroatoms. The van der Waals surface area contributed by atoms with E-state index in [1.165, 1.54) is 0 Å². The van der Waals surface area contributed by atoms with Gasteiger partial charge in [-0.2, -0.15) is 0 Å². The van der Waals surface area contributed by atoms with E-state index in [2.05, 4.69) is 12.2 Å². The van der Waals surface area contributed by atoms with E-state index in [0.717, 1.165) is 44.9 Å². The Morgan fingerprint density at radius 3 is 2.56 bits per heavy atom. The molecule has 1 aliphatic carbocycles. The molecule has 1 amide bonds. The molecule has 0 bridgehead atoms. The summed E-state index contributed by atoms with van der Waals surface area (Å²) < 4.78 is 16.9. The van der Waals surface area contributed by atoms with Gasteiger partial charge in [0.25, 0.3) is 5.91 Å². The molecule has 0 aromatic heterocycles. The van der Waals surface area contributed by atoms with Crippen LogP contribution in [0.2, 0.25) is 5.02 Å². The van der Waals surface area contributed by atoms with Gasteiger partial charge in [-0.1, -0.05) is 44.2 Å². The summed E-state index contributed by atoms with van der Waals surface area (Å²) in [5.41, 5.74) is -0.0818. The first-order chi connectivity index (χ1) is 13.0. The summed E-state index contributed by atoms with van der Waals surface area (Å²) in [6.45, 7) is 5.05. The highest BCUT2D eigenvalue weighted by molar-refractivity contribution is 6.32. The molecule has 0 radical (unpaired) electrons. The number of carbonyl (C=O) groups is 1. The van der Waals surface area contributed by atoms with Gasteiger partial charge < -0.3 is 19.5 Å². The van der Waals surface area contributed by atoms with Crippen LogP contribution in [0.15, 0.2) is 18.2 Å². The Kier molecular flexibility index (Phi) is 8.87. The summed E-state index contributed by atoms with van der Waals surface area (Å²) >= 11 is 6.34.